The van der Waals surface area contributed by atoms with Gasteiger partial charge >= 0.3 is 0 Å². The minimum absolute atomic E-state index is 0.524. The number of rotatable bonds is 1. The number of nitrogens with two attached hydrogens (primary N) is 1. The van der Waals surface area contributed by atoms with Gasteiger partial charge in [-0.25, -0.2) is 9.97 Å². The average molecular weight is 234 g/mol. The highest BCUT2D eigenvalue weighted by molar-refractivity contribution is 5.57. The van der Waals surface area contributed by atoms with E-state index in [4.69, 9.17) is 5.73 Å². The summed E-state index contributed by atoms with van der Waals surface area (Å²) in [5.41, 5.74) is 6.94. The molecule has 1 saturated heterocycles. The number of hydrogen-bond acceptors (Lipinski definition) is 4. The Bertz CT molecular complexity index is 416. The summed E-state index contributed by atoms with van der Waals surface area (Å²) < 4.78 is 0. The molecule has 0 saturated carbocycles. The Balaban J connectivity index is 2.39. The Morgan fingerprint density at radius 2 is 1.94 bits per heavy atom. The predicted octanol–water partition coefficient (Wildman–Crippen LogP) is 2.30. The minimum atomic E-state index is 0.524. The first kappa shape index (κ1) is 12.1. The molecule has 4 nitrogen and oxygen atoms in total. The Morgan fingerprint density at radius 1 is 1.24 bits per heavy atom. The number of piperidine rings is 1. The third kappa shape index (κ3) is 2.21. The topological polar surface area (TPSA) is 55.0 Å². The molecule has 1 aliphatic rings. The van der Waals surface area contributed by atoms with E-state index in [1.807, 2.05) is 13.8 Å². The second-order valence-corrected chi connectivity index (χ2v) is 5.16. The molecule has 2 heterocycles. The van der Waals surface area contributed by atoms with Crippen molar-refractivity contribution < 1.29 is 0 Å². The maximum atomic E-state index is 5.93. The van der Waals surface area contributed by atoms with E-state index >= 15 is 0 Å². The molecule has 94 valence electrons. The zero-order chi connectivity index (χ0) is 12.6. The van der Waals surface area contributed by atoms with Crippen molar-refractivity contribution >= 4 is 11.6 Å². The van der Waals surface area contributed by atoms with Gasteiger partial charge in [0.2, 0.25) is 0 Å². The summed E-state index contributed by atoms with van der Waals surface area (Å²) in [5, 5.41) is 0. The number of nitrogens with zero attached hydrogens (tertiary/aromatic N) is 3. The van der Waals surface area contributed by atoms with Gasteiger partial charge in [-0.05, 0) is 39.5 Å². The fourth-order valence-electron chi connectivity index (χ4n) is 2.55. The van der Waals surface area contributed by atoms with Crippen molar-refractivity contribution in [2.24, 2.45) is 5.92 Å². The normalized spacial score (nSPS) is 25.1. The van der Waals surface area contributed by atoms with Crippen molar-refractivity contribution in [3.05, 3.63) is 11.4 Å². The van der Waals surface area contributed by atoms with Crippen LogP contribution < -0.4 is 10.6 Å². The minimum Gasteiger partial charge on any atom is -0.383 e. The number of aryl methyl sites for hydroxylation is 1. The molecule has 2 unspecified atom stereocenters. The van der Waals surface area contributed by atoms with Gasteiger partial charge in [-0.1, -0.05) is 6.92 Å². The van der Waals surface area contributed by atoms with Gasteiger partial charge in [0.15, 0.2) is 0 Å². The van der Waals surface area contributed by atoms with Gasteiger partial charge in [-0.15, -0.1) is 0 Å². The summed E-state index contributed by atoms with van der Waals surface area (Å²) in [6.07, 6.45) is 2.53. The third-order valence-electron chi connectivity index (χ3n) is 3.92. The van der Waals surface area contributed by atoms with Crippen molar-refractivity contribution in [2.75, 3.05) is 17.2 Å². The molecule has 1 aromatic rings. The lowest BCUT2D eigenvalue weighted by Crippen LogP contribution is -2.43. The van der Waals surface area contributed by atoms with E-state index in [0.29, 0.717) is 17.8 Å². The number of hydrogen-bond donors (Lipinski definition) is 1. The van der Waals surface area contributed by atoms with Gasteiger partial charge in [-0.3, -0.25) is 0 Å². The summed E-state index contributed by atoms with van der Waals surface area (Å²) in [6, 6.07) is 0.524. The first-order chi connectivity index (χ1) is 8.00. The molecule has 0 amide bonds. The summed E-state index contributed by atoms with van der Waals surface area (Å²) in [4.78, 5) is 11.2. The first-order valence-electron chi connectivity index (χ1n) is 6.38. The van der Waals surface area contributed by atoms with Crippen molar-refractivity contribution in [1.29, 1.82) is 0 Å². The monoisotopic (exact) mass is 234 g/mol. The molecule has 4 heteroatoms. The largest absolute Gasteiger partial charge is 0.383 e. The van der Waals surface area contributed by atoms with Crippen LogP contribution in [0.4, 0.5) is 11.6 Å². The maximum absolute atomic E-state index is 5.93. The van der Waals surface area contributed by atoms with Gasteiger partial charge in [-0.2, -0.15) is 0 Å². The quantitative estimate of drug-likeness (QED) is 0.810. The molecule has 1 aliphatic heterocycles. The molecule has 0 aliphatic carbocycles. The SMILES string of the molecule is Cc1nc(N)c(C)c(N2CCCC(C)C2C)n1. The number of nitrogen functional groups attached to an aromatic ring is 1. The second kappa shape index (κ2) is 4.51. The van der Waals surface area contributed by atoms with Crippen molar-refractivity contribution in [1.82, 2.24) is 9.97 Å². The molecule has 0 spiro atoms. The van der Waals surface area contributed by atoms with Gasteiger partial charge in [0, 0.05) is 18.2 Å². The summed E-state index contributed by atoms with van der Waals surface area (Å²) in [5.74, 6) is 3.10. The molecule has 2 atom stereocenters. The van der Waals surface area contributed by atoms with Gasteiger partial charge in [0.05, 0.1) is 0 Å². The molecule has 0 bridgehead atoms. The molecular weight excluding hydrogens is 212 g/mol. The van der Waals surface area contributed by atoms with E-state index in [1.165, 1.54) is 12.8 Å². The van der Waals surface area contributed by atoms with E-state index < -0.39 is 0 Å². The van der Waals surface area contributed by atoms with Crippen LogP contribution in [0.1, 0.15) is 38.1 Å². The summed E-state index contributed by atoms with van der Waals surface area (Å²) in [7, 11) is 0. The molecule has 1 fully saturated rings. The smallest absolute Gasteiger partial charge is 0.137 e. The zero-order valence-electron chi connectivity index (χ0n) is 11.2. The lowest BCUT2D eigenvalue weighted by atomic mass is 9.92. The molecule has 0 radical (unpaired) electrons. The fraction of sp³-hybridized carbons (Fsp3) is 0.692. The highest BCUT2D eigenvalue weighted by atomic mass is 15.2. The van der Waals surface area contributed by atoms with E-state index in [2.05, 4.69) is 28.7 Å². The summed E-state index contributed by atoms with van der Waals surface area (Å²) in [6.45, 7) is 9.57. The molecule has 2 rings (SSSR count). The second-order valence-electron chi connectivity index (χ2n) is 5.16. The van der Waals surface area contributed by atoms with Crippen LogP contribution in [0.25, 0.3) is 0 Å². The molecule has 0 aromatic carbocycles. The zero-order valence-corrected chi connectivity index (χ0v) is 11.2. The van der Waals surface area contributed by atoms with E-state index in [-0.39, 0.29) is 0 Å². The van der Waals surface area contributed by atoms with Crippen LogP contribution in [-0.2, 0) is 0 Å². The fourth-order valence-corrected chi connectivity index (χ4v) is 2.55. The van der Waals surface area contributed by atoms with Crippen LogP contribution in [-0.4, -0.2) is 22.6 Å². The highest BCUT2D eigenvalue weighted by Crippen LogP contribution is 2.30. The van der Waals surface area contributed by atoms with Crippen molar-refractivity contribution in [3.63, 3.8) is 0 Å². The predicted molar refractivity (Wildman–Crippen MR) is 71.1 cm³/mol. The van der Waals surface area contributed by atoms with Crippen LogP contribution in [0.3, 0.4) is 0 Å². The van der Waals surface area contributed by atoms with Crippen LogP contribution in [0.15, 0.2) is 0 Å². The molecule has 2 N–H and O–H groups in total. The number of aromatic nitrogens is 2. The highest BCUT2D eigenvalue weighted by Gasteiger charge is 2.27. The lowest BCUT2D eigenvalue weighted by Gasteiger charge is -2.39. The van der Waals surface area contributed by atoms with Crippen molar-refractivity contribution in [2.45, 2.75) is 46.6 Å². The van der Waals surface area contributed by atoms with Crippen LogP contribution in [0, 0.1) is 19.8 Å². The Kier molecular flexibility index (Phi) is 3.22. The molecular formula is C13H22N4. The third-order valence-corrected chi connectivity index (χ3v) is 3.92. The van der Waals surface area contributed by atoms with Crippen molar-refractivity contribution in [3.8, 4) is 0 Å². The van der Waals surface area contributed by atoms with Crippen LogP contribution in [0.2, 0.25) is 0 Å². The van der Waals surface area contributed by atoms with Crippen LogP contribution in [0.5, 0.6) is 0 Å². The standard InChI is InChI=1S/C13H22N4/c1-8-6-5-7-17(10(8)3)13-9(2)12(14)15-11(4)16-13/h8,10H,5-7H2,1-4H3,(H2,14,15,16). The van der Waals surface area contributed by atoms with E-state index in [1.54, 1.807) is 0 Å². The van der Waals surface area contributed by atoms with Gasteiger partial charge < -0.3 is 10.6 Å². The Hall–Kier alpha value is -1.32. The number of anilines is 2. The molecule has 1 aromatic heterocycles. The average Bonchev–Trinajstić information content (AvgIpc) is 2.27. The van der Waals surface area contributed by atoms with E-state index in [0.717, 1.165) is 23.8 Å². The van der Waals surface area contributed by atoms with Crippen LogP contribution >= 0.6 is 0 Å². The van der Waals surface area contributed by atoms with Gasteiger partial charge in [0.1, 0.15) is 17.5 Å². The van der Waals surface area contributed by atoms with E-state index in [9.17, 15) is 0 Å². The first-order valence-corrected chi connectivity index (χ1v) is 6.38. The Labute approximate surface area is 103 Å². The summed E-state index contributed by atoms with van der Waals surface area (Å²) >= 11 is 0. The van der Waals surface area contributed by atoms with Gasteiger partial charge in [0.25, 0.3) is 0 Å². The lowest BCUT2D eigenvalue weighted by molar-refractivity contribution is 0.361. The molecule has 17 heavy (non-hydrogen) atoms. The Morgan fingerprint density at radius 3 is 2.65 bits per heavy atom. The maximum Gasteiger partial charge on any atom is 0.137 e.